The Kier molecular flexibility index (Phi) is 2.34. The summed E-state index contributed by atoms with van der Waals surface area (Å²) in [5, 5.41) is 0. The summed E-state index contributed by atoms with van der Waals surface area (Å²) in [6, 6.07) is 5.89. The third kappa shape index (κ3) is 1.66. The fourth-order valence-electron chi connectivity index (χ4n) is 2.07. The van der Waals surface area contributed by atoms with E-state index in [4.69, 9.17) is 9.31 Å². The molecule has 3 rings (SSSR count). The molecule has 2 aromatic heterocycles. The SMILES string of the molecule is CC1(C)OB(c2cc3ncccc3[nH]2)OC1(C)C. The maximum absolute atomic E-state index is 6.00. The fourth-order valence-corrected chi connectivity index (χ4v) is 2.07. The van der Waals surface area contributed by atoms with Gasteiger partial charge in [0.1, 0.15) is 0 Å². The van der Waals surface area contributed by atoms with Crippen molar-refractivity contribution in [3.05, 3.63) is 24.4 Å². The van der Waals surface area contributed by atoms with Crippen LogP contribution in [0.15, 0.2) is 24.4 Å². The zero-order chi connectivity index (χ0) is 13.0. The molecule has 1 aliphatic rings. The zero-order valence-electron chi connectivity index (χ0n) is 11.2. The first-order valence-electron chi connectivity index (χ1n) is 6.18. The Morgan fingerprint density at radius 1 is 1.17 bits per heavy atom. The van der Waals surface area contributed by atoms with Gasteiger partial charge in [0.05, 0.1) is 22.2 Å². The average Bonchev–Trinajstić information content (AvgIpc) is 2.78. The van der Waals surface area contributed by atoms with Gasteiger partial charge in [0, 0.05) is 11.8 Å². The number of fused-ring (bicyclic) bond motifs is 1. The molecule has 0 radical (unpaired) electrons. The first-order valence-corrected chi connectivity index (χ1v) is 6.18. The Hall–Kier alpha value is -1.33. The number of pyridine rings is 1. The van der Waals surface area contributed by atoms with Crippen LogP contribution in [0.4, 0.5) is 0 Å². The molecule has 0 aliphatic carbocycles. The number of aromatic amines is 1. The van der Waals surface area contributed by atoms with Crippen molar-refractivity contribution in [3.8, 4) is 0 Å². The highest BCUT2D eigenvalue weighted by atomic mass is 16.7. The smallest absolute Gasteiger partial charge is 0.398 e. The second-order valence-corrected chi connectivity index (χ2v) is 5.75. The molecule has 0 bridgehead atoms. The Morgan fingerprint density at radius 2 is 1.83 bits per heavy atom. The average molecular weight is 244 g/mol. The van der Waals surface area contributed by atoms with Crippen molar-refractivity contribution in [1.29, 1.82) is 0 Å². The molecule has 2 aromatic rings. The van der Waals surface area contributed by atoms with E-state index in [9.17, 15) is 0 Å². The number of hydrogen-bond donors (Lipinski definition) is 1. The van der Waals surface area contributed by atoms with Gasteiger partial charge in [-0.2, -0.15) is 0 Å². The van der Waals surface area contributed by atoms with Crippen LogP contribution in [0.25, 0.3) is 11.0 Å². The third-order valence-corrected chi connectivity index (χ3v) is 3.92. The molecule has 5 heteroatoms. The number of aromatic nitrogens is 2. The van der Waals surface area contributed by atoms with E-state index in [1.54, 1.807) is 6.20 Å². The van der Waals surface area contributed by atoms with E-state index in [1.165, 1.54) is 0 Å². The van der Waals surface area contributed by atoms with E-state index in [0.717, 1.165) is 16.6 Å². The Morgan fingerprint density at radius 3 is 2.44 bits per heavy atom. The summed E-state index contributed by atoms with van der Waals surface area (Å²) in [6.07, 6.45) is 1.78. The monoisotopic (exact) mass is 244 g/mol. The van der Waals surface area contributed by atoms with E-state index >= 15 is 0 Å². The molecule has 0 spiro atoms. The molecule has 0 saturated carbocycles. The van der Waals surface area contributed by atoms with Gasteiger partial charge in [-0.15, -0.1) is 0 Å². The van der Waals surface area contributed by atoms with E-state index in [2.05, 4.69) is 9.97 Å². The predicted octanol–water partition coefficient (Wildman–Crippen LogP) is 1.86. The van der Waals surface area contributed by atoms with E-state index in [-0.39, 0.29) is 18.3 Å². The lowest BCUT2D eigenvalue weighted by Crippen LogP contribution is -2.41. The molecule has 94 valence electrons. The summed E-state index contributed by atoms with van der Waals surface area (Å²) in [6.45, 7) is 8.20. The summed E-state index contributed by atoms with van der Waals surface area (Å²) >= 11 is 0. The number of rotatable bonds is 1. The number of nitrogens with zero attached hydrogens (tertiary/aromatic N) is 1. The molecule has 0 amide bonds. The lowest BCUT2D eigenvalue weighted by Gasteiger charge is -2.32. The molecule has 1 saturated heterocycles. The summed E-state index contributed by atoms with van der Waals surface area (Å²) in [5.74, 6) is 0. The van der Waals surface area contributed by atoms with Crippen LogP contribution in [0.1, 0.15) is 27.7 Å². The Balaban J connectivity index is 1.97. The van der Waals surface area contributed by atoms with Gasteiger partial charge in [0.2, 0.25) is 0 Å². The van der Waals surface area contributed by atoms with Gasteiger partial charge in [-0.05, 0) is 45.9 Å². The van der Waals surface area contributed by atoms with Gasteiger partial charge in [-0.25, -0.2) is 0 Å². The van der Waals surface area contributed by atoms with Crippen LogP contribution in [0.3, 0.4) is 0 Å². The van der Waals surface area contributed by atoms with Crippen LogP contribution in [0.5, 0.6) is 0 Å². The molecule has 1 N–H and O–H groups in total. The van der Waals surface area contributed by atoms with Crippen LogP contribution < -0.4 is 5.59 Å². The van der Waals surface area contributed by atoms with Crippen molar-refractivity contribution in [2.24, 2.45) is 0 Å². The zero-order valence-corrected chi connectivity index (χ0v) is 11.2. The van der Waals surface area contributed by atoms with Gasteiger partial charge in [0.25, 0.3) is 0 Å². The maximum atomic E-state index is 6.00. The topological polar surface area (TPSA) is 47.1 Å². The lowest BCUT2D eigenvalue weighted by atomic mass is 9.85. The molecule has 3 heterocycles. The largest absolute Gasteiger partial charge is 0.512 e. The highest BCUT2D eigenvalue weighted by molar-refractivity contribution is 6.61. The van der Waals surface area contributed by atoms with Gasteiger partial charge in [-0.3, -0.25) is 4.98 Å². The molecule has 0 aromatic carbocycles. The van der Waals surface area contributed by atoms with Crippen molar-refractivity contribution < 1.29 is 9.31 Å². The summed E-state index contributed by atoms with van der Waals surface area (Å²) in [4.78, 5) is 7.60. The molecule has 4 nitrogen and oxygen atoms in total. The minimum Gasteiger partial charge on any atom is -0.398 e. The first kappa shape index (κ1) is 11.7. The maximum Gasteiger partial charge on any atom is 0.512 e. The molecule has 0 atom stereocenters. The molecule has 1 aliphatic heterocycles. The van der Waals surface area contributed by atoms with Crippen molar-refractivity contribution >= 4 is 23.7 Å². The van der Waals surface area contributed by atoms with E-state index in [0.29, 0.717) is 0 Å². The summed E-state index contributed by atoms with van der Waals surface area (Å²) < 4.78 is 12.0. The van der Waals surface area contributed by atoms with Gasteiger partial charge in [-0.1, -0.05) is 0 Å². The Bertz CT molecular complexity index is 542. The van der Waals surface area contributed by atoms with Crippen molar-refractivity contribution in [3.63, 3.8) is 0 Å². The van der Waals surface area contributed by atoms with Crippen LogP contribution in [-0.4, -0.2) is 28.3 Å². The molecular formula is C13H17BN2O2. The van der Waals surface area contributed by atoms with Crippen molar-refractivity contribution in [1.82, 2.24) is 9.97 Å². The minimum atomic E-state index is -0.357. The van der Waals surface area contributed by atoms with Gasteiger partial charge < -0.3 is 14.3 Å². The molecule has 1 fully saturated rings. The van der Waals surface area contributed by atoms with Crippen molar-refractivity contribution in [2.75, 3.05) is 0 Å². The summed E-state index contributed by atoms with van der Waals surface area (Å²) in [7, 11) is -0.357. The fraction of sp³-hybridized carbons (Fsp3) is 0.462. The highest BCUT2D eigenvalue weighted by Crippen LogP contribution is 2.36. The third-order valence-electron chi connectivity index (χ3n) is 3.92. The van der Waals surface area contributed by atoms with Crippen LogP contribution in [0.2, 0.25) is 0 Å². The summed E-state index contributed by atoms with van der Waals surface area (Å²) in [5.41, 5.74) is 2.22. The van der Waals surface area contributed by atoms with Gasteiger partial charge >= 0.3 is 7.12 Å². The number of hydrogen-bond acceptors (Lipinski definition) is 3. The lowest BCUT2D eigenvalue weighted by molar-refractivity contribution is 0.00578. The van der Waals surface area contributed by atoms with Crippen LogP contribution >= 0.6 is 0 Å². The second-order valence-electron chi connectivity index (χ2n) is 5.75. The standard InChI is InChI=1S/C13H17BN2O2/c1-12(2)13(3,4)18-14(17-12)11-8-10-9(16-11)6-5-7-15-10/h5-8,16H,1-4H3. The number of nitrogens with one attached hydrogen (secondary N) is 1. The van der Waals surface area contributed by atoms with Crippen LogP contribution in [0, 0.1) is 0 Å². The predicted molar refractivity (Wildman–Crippen MR) is 71.8 cm³/mol. The second kappa shape index (κ2) is 3.59. The van der Waals surface area contributed by atoms with Crippen LogP contribution in [-0.2, 0) is 9.31 Å². The van der Waals surface area contributed by atoms with E-state index in [1.807, 2.05) is 45.9 Å². The first-order chi connectivity index (χ1) is 8.39. The highest BCUT2D eigenvalue weighted by Gasteiger charge is 2.52. The molecule has 18 heavy (non-hydrogen) atoms. The van der Waals surface area contributed by atoms with Gasteiger partial charge in [0.15, 0.2) is 0 Å². The van der Waals surface area contributed by atoms with E-state index < -0.39 is 0 Å². The van der Waals surface area contributed by atoms with Crippen molar-refractivity contribution in [2.45, 2.75) is 38.9 Å². The molecular weight excluding hydrogens is 227 g/mol. The minimum absolute atomic E-state index is 0.317. The quantitative estimate of drug-likeness (QED) is 0.779. The molecule has 0 unspecified atom stereocenters. The normalized spacial score (nSPS) is 21.7. The Labute approximate surface area is 107 Å². The number of H-pyrrole nitrogens is 1.